The van der Waals surface area contributed by atoms with E-state index in [4.69, 9.17) is 0 Å². The minimum absolute atomic E-state index is 0.00741. The molecule has 1 aliphatic rings. The molecule has 1 saturated carbocycles. The van der Waals surface area contributed by atoms with E-state index >= 15 is 0 Å². The van der Waals surface area contributed by atoms with E-state index in [9.17, 15) is 14.4 Å². The molecule has 8 nitrogen and oxygen atoms in total. The van der Waals surface area contributed by atoms with Gasteiger partial charge in [-0.1, -0.05) is 6.92 Å². The van der Waals surface area contributed by atoms with Crippen molar-refractivity contribution in [3.05, 3.63) is 12.4 Å². The van der Waals surface area contributed by atoms with Gasteiger partial charge in [0.1, 0.15) is 0 Å². The highest BCUT2D eigenvalue weighted by Gasteiger charge is 2.38. The van der Waals surface area contributed by atoms with Crippen molar-refractivity contribution >= 4 is 23.4 Å². The molecule has 4 N–H and O–H groups in total. The second-order valence-corrected chi connectivity index (χ2v) is 5.17. The van der Waals surface area contributed by atoms with Crippen LogP contribution < -0.4 is 16.0 Å². The molecule has 1 aliphatic carbocycles. The Hall–Kier alpha value is -2.38. The predicted molar refractivity (Wildman–Crippen MR) is 75.1 cm³/mol. The molecule has 0 aliphatic heterocycles. The van der Waals surface area contributed by atoms with Gasteiger partial charge >= 0.3 is 0 Å². The molecule has 0 saturated heterocycles. The standard InChI is InChI=1S/C13H19N5O3/c1-8-4-10(8)13(21)14-3-2-11(19)15-7-12(20)18-9-5-16-17-6-9/h5-6,8,10H,2-4,7H2,1H3,(H,14,21)(H,15,19)(H,16,17)(H,18,20)/t8-,10+/m0/s1. The Kier molecular flexibility index (Phi) is 4.91. The van der Waals surface area contributed by atoms with Gasteiger partial charge in [-0.05, 0) is 12.3 Å². The maximum atomic E-state index is 11.5. The molecule has 2 rings (SSSR count). The van der Waals surface area contributed by atoms with E-state index in [0.717, 1.165) is 6.42 Å². The quantitative estimate of drug-likeness (QED) is 0.548. The van der Waals surface area contributed by atoms with Crippen LogP contribution in [0.5, 0.6) is 0 Å². The Balaban J connectivity index is 1.55. The first kappa shape index (κ1) is 15.0. The lowest BCUT2D eigenvalue weighted by Gasteiger charge is -2.06. The summed E-state index contributed by atoms with van der Waals surface area (Å²) in [5.41, 5.74) is 0.542. The van der Waals surface area contributed by atoms with Gasteiger partial charge in [-0.3, -0.25) is 19.5 Å². The van der Waals surface area contributed by atoms with Crippen molar-refractivity contribution in [2.24, 2.45) is 11.8 Å². The molecular formula is C13H19N5O3. The number of nitrogens with zero attached hydrogens (tertiary/aromatic N) is 1. The van der Waals surface area contributed by atoms with Crippen LogP contribution in [-0.4, -0.2) is 41.0 Å². The van der Waals surface area contributed by atoms with Crippen LogP contribution in [0.25, 0.3) is 0 Å². The molecule has 0 spiro atoms. The van der Waals surface area contributed by atoms with Crippen molar-refractivity contribution in [1.82, 2.24) is 20.8 Å². The van der Waals surface area contributed by atoms with Gasteiger partial charge in [0.05, 0.1) is 18.4 Å². The van der Waals surface area contributed by atoms with E-state index in [1.165, 1.54) is 12.4 Å². The minimum atomic E-state index is -0.333. The van der Waals surface area contributed by atoms with Crippen molar-refractivity contribution in [1.29, 1.82) is 0 Å². The molecule has 1 fully saturated rings. The third-order valence-corrected chi connectivity index (χ3v) is 3.33. The van der Waals surface area contributed by atoms with E-state index < -0.39 is 0 Å². The van der Waals surface area contributed by atoms with Gasteiger partial charge < -0.3 is 16.0 Å². The molecule has 1 aromatic heterocycles. The van der Waals surface area contributed by atoms with Crippen molar-refractivity contribution in [3.8, 4) is 0 Å². The zero-order valence-corrected chi connectivity index (χ0v) is 11.8. The number of nitrogens with one attached hydrogen (secondary N) is 4. The van der Waals surface area contributed by atoms with Crippen molar-refractivity contribution < 1.29 is 14.4 Å². The zero-order chi connectivity index (χ0) is 15.2. The average molecular weight is 293 g/mol. The summed E-state index contributed by atoms with van der Waals surface area (Å²) < 4.78 is 0. The number of hydrogen-bond acceptors (Lipinski definition) is 4. The van der Waals surface area contributed by atoms with Crippen LogP contribution in [0.4, 0.5) is 5.69 Å². The molecule has 0 unspecified atom stereocenters. The smallest absolute Gasteiger partial charge is 0.243 e. The van der Waals surface area contributed by atoms with Gasteiger partial charge in [0.25, 0.3) is 0 Å². The van der Waals surface area contributed by atoms with Gasteiger partial charge in [0, 0.05) is 25.1 Å². The summed E-state index contributed by atoms with van der Waals surface area (Å²) >= 11 is 0. The molecule has 114 valence electrons. The van der Waals surface area contributed by atoms with Crippen LogP contribution >= 0.6 is 0 Å². The number of aromatic nitrogens is 2. The molecule has 21 heavy (non-hydrogen) atoms. The fourth-order valence-corrected chi connectivity index (χ4v) is 1.91. The summed E-state index contributed by atoms with van der Waals surface area (Å²) in [6, 6.07) is 0. The highest BCUT2D eigenvalue weighted by atomic mass is 16.2. The summed E-state index contributed by atoms with van der Waals surface area (Å²) in [7, 11) is 0. The third kappa shape index (κ3) is 4.90. The number of rotatable bonds is 7. The SMILES string of the molecule is C[C@H]1C[C@H]1C(=O)NCCC(=O)NCC(=O)Nc1cn[nH]c1. The molecule has 0 aromatic carbocycles. The first-order chi connectivity index (χ1) is 10.1. The maximum Gasteiger partial charge on any atom is 0.243 e. The van der Waals surface area contributed by atoms with Crippen LogP contribution in [0.3, 0.4) is 0 Å². The number of anilines is 1. The van der Waals surface area contributed by atoms with Crippen molar-refractivity contribution in [2.75, 3.05) is 18.4 Å². The van der Waals surface area contributed by atoms with Crippen molar-refractivity contribution in [3.63, 3.8) is 0 Å². The van der Waals surface area contributed by atoms with Gasteiger partial charge in [-0.15, -0.1) is 0 Å². The number of carbonyl (C=O) groups excluding carboxylic acids is 3. The lowest BCUT2D eigenvalue weighted by atomic mass is 10.3. The molecule has 2 atom stereocenters. The van der Waals surface area contributed by atoms with Crippen LogP contribution in [0, 0.1) is 11.8 Å². The number of aromatic amines is 1. The van der Waals surface area contributed by atoms with Gasteiger partial charge in [-0.2, -0.15) is 5.10 Å². The highest BCUT2D eigenvalue weighted by molar-refractivity contribution is 5.94. The number of amides is 3. The third-order valence-electron chi connectivity index (χ3n) is 3.33. The second-order valence-electron chi connectivity index (χ2n) is 5.17. The van der Waals surface area contributed by atoms with Gasteiger partial charge in [0.15, 0.2) is 0 Å². The molecule has 0 radical (unpaired) electrons. The Bertz CT molecular complexity index is 514. The molecule has 8 heteroatoms. The largest absolute Gasteiger partial charge is 0.355 e. The molecule has 1 aromatic rings. The maximum absolute atomic E-state index is 11.5. The number of carbonyl (C=O) groups is 3. The normalized spacial score (nSPS) is 19.7. The average Bonchev–Trinajstić information content (AvgIpc) is 2.96. The lowest BCUT2D eigenvalue weighted by Crippen LogP contribution is -2.35. The lowest BCUT2D eigenvalue weighted by molar-refractivity contribution is -0.125. The van der Waals surface area contributed by atoms with E-state index in [2.05, 4.69) is 26.1 Å². The molecule has 1 heterocycles. The Morgan fingerprint density at radius 2 is 2.10 bits per heavy atom. The summed E-state index contributed by atoms with van der Waals surface area (Å²) in [6.07, 6.45) is 4.08. The first-order valence-corrected chi connectivity index (χ1v) is 6.89. The molecule has 0 bridgehead atoms. The minimum Gasteiger partial charge on any atom is -0.355 e. The monoisotopic (exact) mass is 293 g/mol. The zero-order valence-electron chi connectivity index (χ0n) is 11.8. The summed E-state index contributed by atoms with van der Waals surface area (Å²) in [6.45, 7) is 2.20. The van der Waals surface area contributed by atoms with Crippen LogP contribution in [0.2, 0.25) is 0 Å². The Labute approximate surface area is 122 Å². The predicted octanol–water partition coefficient (Wildman–Crippen LogP) is -0.373. The van der Waals surface area contributed by atoms with Gasteiger partial charge in [0.2, 0.25) is 17.7 Å². The Morgan fingerprint density at radius 1 is 1.33 bits per heavy atom. The number of hydrogen-bond donors (Lipinski definition) is 4. The number of H-pyrrole nitrogens is 1. The van der Waals surface area contributed by atoms with Crippen LogP contribution in [0.1, 0.15) is 19.8 Å². The highest BCUT2D eigenvalue weighted by Crippen LogP contribution is 2.37. The van der Waals surface area contributed by atoms with E-state index in [1.54, 1.807) is 0 Å². The molecule has 3 amide bonds. The summed E-state index contributed by atoms with van der Waals surface area (Å²) in [5, 5.41) is 14.0. The van der Waals surface area contributed by atoms with E-state index in [0.29, 0.717) is 11.6 Å². The van der Waals surface area contributed by atoms with Crippen molar-refractivity contribution in [2.45, 2.75) is 19.8 Å². The van der Waals surface area contributed by atoms with Gasteiger partial charge in [-0.25, -0.2) is 0 Å². The second kappa shape index (κ2) is 6.87. The van der Waals surface area contributed by atoms with E-state index in [1.807, 2.05) is 6.92 Å². The topological polar surface area (TPSA) is 116 Å². The van der Waals surface area contributed by atoms with E-state index in [-0.39, 0.29) is 43.1 Å². The first-order valence-electron chi connectivity index (χ1n) is 6.89. The van der Waals surface area contributed by atoms with Crippen LogP contribution in [-0.2, 0) is 14.4 Å². The summed E-state index contributed by atoms with van der Waals surface area (Å²) in [4.78, 5) is 34.5. The van der Waals surface area contributed by atoms with Crippen LogP contribution in [0.15, 0.2) is 12.4 Å². The summed E-state index contributed by atoms with van der Waals surface area (Å²) in [5.74, 6) is -0.0469. The fraction of sp³-hybridized carbons (Fsp3) is 0.538. The Morgan fingerprint density at radius 3 is 2.71 bits per heavy atom. The molecular weight excluding hydrogens is 274 g/mol. The fourth-order valence-electron chi connectivity index (χ4n) is 1.91.